The van der Waals surface area contributed by atoms with Crippen molar-refractivity contribution in [3.63, 3.8) is 0 Å². The molecule has 0 aromatic heterocycles. The van der Waals surface area contributed by atoms with Gasteiger partial charge in [0.05, 0.1) is 0 Å². The molecular formula is C21H27. The van der Waals surface area contributed by atoms with Gasteiger partial charge in [0.2, 0.25) is 0 Å². The molecule has 111 valence electrons. The molecule has 0 atom stereocenters. The zero-order valence-electron chi connectivity index (χ0n) is 13.5. The summed E-state index contributed by atoms with van der Waals surface area (Å²) in [5, 5.41) is 0. The highest BCUT2D eigenvalue weighted by atomic mass is 14.1. The van der Waals surface area contributed by atoms with Crippen molar-refractivity contribution in [2.45, 2.75) is 58.8 Å². The summed E-state index contributed by atoms with van der Waals surface area (Å²) >= 11 is 0. The third kappa shape index (κ3) is 5.04. The summed E-state index contributed by atoms with van der Waals surface area (Å²) in [6, 6.07) is 18.9. The third-order valence-electron chi connectivity index (χ3n) is 4.04. The Morgan fingerprint density at radius 1 is 0.857 bits per heavy atom. The van der Waals surface area contributed by atoms with Gasteiger partial charge in [-0.05, 0) is 60.4 Å². The van der Waals surface area contributed by atoms with Gasteiger partial charge in [0.25, 0.3) is 0 Å². The maximum Gasteiger partial charge on any atom is -0.00229 e. The third-order valence-corrected chi connectivity index (χ3v) is 4.04. The topological polar surface area (TPSA) is 0 Å². The van der Waals surface area contributed by atoms with Crippen LogP contribution in [-0.2, 0) is 19.3 Å². The Hall–Kier alpha value is -1.56. The average molecular weight is 279 g/mol. The predicted molar refractivity (Wildman–Crippen MR) is 91.8 cm³/mol. The molecule has 0 bridgehead atoms. The molecule has 0 saturated carbocycles. The van der Waals surface area contributed by atoms with Crippen molar-refractivity contribution >= 4 is 0 Å². The molecule has 0 saturated heterocycles. The van der Waals surface area contributed by atoms with Crippen LogP contribution in [-0.4, -0.2) is 0 Å². The number of hydrogen-bond acceptors (Lipinski definition) is 0. The molecule has 2 aromatic rings. The van der Waals surface area contributed by atoms with Crippen LogP contribution in [0.1, 0.15) is 61.8 Å². The van der Waals surface area contributed by atoms with Gasteiger partial charge < -0.3 is 0 Å². The standard InChI is InChI=1S/C21H27/c1-3-5-10-18-11-9-12-19(16-18)17-21-15-8-7-14-20(21)13-6-4-2/h7-9,12,14-16H,3-6,10,13,17H2,1-2H3. The van der Waals surface area contributed by atoms with E-state index in [0.29, 0.717) is 0 Å². The fraction of sp³-hybridized carbons (Fsp3) is 0.429. The van der Waals surface area contributed by atoms with E-state index in [1.54, 1.807) is 0 Å². The molecule has 1 radical (unpaired) electrons. The molecule has 0 spiro atoms. The molecule has 0 aliphatic rings. The number of hydrogen-bond donors (Lipinski definition) is 0. The summed E-state index contributed by atoms with van der Waals surface area (Å²) in [5.41, 5.74) is 5.78. The molecular weight excluding hydrogens is 252 g/mol. The maximum absolute atomic E-state index is 3.38. The normalized spacial score (nSPS) is 10.8. The molecule has 0 unspecified atom stereocenters. The Labute approximate surface area is 130 Å². The van der Waals surface area contributed by atoms with Crippen LogP contribution >= 0.6 is 0 Å². The first-order valence-corrected chi connectivity index (χ1v) is 8.39. The molecule has 0 fully saturated rings. The number of rotatable bonds is 8. The average Bonchev–Trinajstić information content (AvgIpc) is 2.52. The van der Waals surface area contributed by atoms with E-state index < -0.39 is 0 Å². The van der Waals surface area contributed by atoms with E-state index in [2.05, 4.69) is 62.4 Å². The van der Waals surface area contributed by atoms with Crippen molar-refractivity contribution in [2.75, 3.05) is 0 Å². The molecule has 2 aromatic carbocycles. The monoisotopic (exact) mass is 279 g/mol. The van der Waals surface area contributed by atoms with Gasteiger partial charge in [-0.1, -0.05) is 69.2 Å². The van der Waals surface area contributed by atoms with Crippen LogP contribution in [0.15, 0.2) is 42.5 Å². The number of unbranched alkanes of at least 4 members (excludes halogenated alkanes) is 2. The Morgan fingerprint density at radius 3 is 2.33 bits per heavy atom. The first-order valence-electron chi connectivity index (χ1n) is 8.39. The van der Waals surface area contributed by atoms with E-state index in [1.165, 1.54) is 54.4 Å². The Morgan fingerprint density at radius 2 is 1.57 bits per heavy atom. The van der Waals surface area contributed by atoms with Gasteiger partial charge in [-0.15, -0.1) is 0 Å². The summed E-state index contributed by atoms with van der Waals surface area (Å²) in [4.78, 5) is 0. The van der Waals surface area contributed by atoms with Crippen LogP contribution in [0.25, 0.3) is 0 Å². The molecule has 0 aliphatic carbocycles. The fourth-order valence-corrected chi connectivity index (χ4v) is 2.75. The van der Waals surface area contributed by atoms with Crippen molar-refractivity contribution in [3.05, 3.63) is 70.8 Å². The molecule has 0 aliphatic heterocycles. The van der Waals surface area contributed by atoms with Crippen LogP contribution in [0.4, 0.5) is 0 Å². The van der Waals surface area contributed by atoms with Crippen LogP contribution in [0, 0.1) is 6.07 Å². The van der Waals surface area contributed by atoms with E-state index in [1.807, 2.05) is 0 Å². The fourth-order valence-electron chi connectivity index (χ4n) is 2.75. The Balaban J connectivity index is 2.10. The number of benzene rings is 2. The van der Waals surface area contributed by atoms with Crippen LogP contribution in [0.3, 0.4) is 0 Å². The van der Waals surface area contributed by atoms with E-state index in [-0.39, 0.29) is 0 Å². The van der Waals surface area contributed by atoms with Gasteiger partial charge in [0, 0.05) is 0 Å². The molecule has 0 nitrogen and oxygen atoms in total. The lowest BCUT2D eigenvalue weighted by Gasteiger charge is -2.10. The highest BCUT2D eigenvalue weighted by Crippen LogP contribution is 2.18. The minimum atomic E-state index is 1.05. The second-order valence-electron chi connectivity index (χ2n) is 5.87. The van der Waals surface area contributed by atoms with Gasteiger partial charge >= 0.3 is 0 Å². The zero-order chi connectivity index (χ0) is 14.9. The van der Waals surface area contributed by atoms with Gasteiger partial charge in [-0.25, -0.2) is 0 Å². The van der Waals surface area contributed by atoms with Crippen molar-refractivity contribution in [3.8, 4) is 0 Å². The molecule has 2 rings (SSSR count). The lowest BCUT2D eigenvalue weighted by atomic mass is 9.95. The van der Waals surface area contributed by atoms with E-state index in [0.717, 1.165) is 12.8 Å². The van der Waals surface area contributed by atoms with E-state index >= 15 is 0 Å². The highest BCUT2D eigenvalue weighted by molar-refractivity contribution is 5.34. The van der Waals surface area contributed by atoms with Crippen LogP contribution < -0.4 is 0 Å². The first-order chi connectivity index (χ1) is 10.3. The Kier molecular flexibility index (Phi) is 6.53. The van der Waals surface area contributed by atoms with E-state index in [9.17, 15) is 0 Å². The van der Waals surface area contributed by atoms with Gasteiger partial charge in [-0.2, -0.15) is 0 Å². The molecule has 0 amide bonds. The van der Waals surface area contributed by atoms with Crippen LogP contribution in [0.2, 0.25) is 0 Å². The summed E-state index contributed by atoms with van der Waals surface area (Å²) in [5.74, 6) is 0. The second-order valence-corrected chi connectivity index (χ2v) is 5.87. The van der Waals surface area contributed by atoms with Gasteiger partial charge in [0.15, 0.2) is 0 Å². The minimum Gasteiger partial charge on any atom is -0.0654 e. The SMILES string of the molecule is CCCCc1[c]ccc(Cc2ccccc2CCCC)c1. The number of aryl methyl sites for hydroxylation is 2. The second kappa shape index (κ2) is 8.67. The van der Waals surface area contributed by atoms with Crippen molar-refractivity contribution in [2.24, 2.45) is 0 Å². The molecule has 0 N–H and O–H groups in total. The summed E-state index contributed by atoms with van der Waals surface area (Å²) in [7, 11) is 0. The van der Waals surface area contributed by atoms with Gasteiger partial charge in [-0.3, -0.25) is 0 Å². The van der Waals surface area contributed by atoms with Crippen molar-refractivity contribution in [1.29, 1.82) is 0 Å². The highest BCUT2D eigenvalue weighted by Gasteiger charge is 2.04. The summed E-state index contributed by atoms with van der Waals surface area (Å²) in [6.45, 7) is 4.50. The zero-order valence-corrected chi connectivity index (χ0v) is 13.5. The maximum atomic E-state index is 3.38. The lowest BCUT2D eigenvalue weighted by Crippen LogP contribution is -1.97. The Bertz CT molecular complexity index is 539. The van der Waals surface area contributed by atoms with Gasteiger partial charge in [0.1, 0.15) is 0 Å². The summed E-state index contributed by atoms with van der Waals surface area (Å²) < 4.78 is 0. The largest absolute Gasteiger partial charge is 0.0654 e. The van der Waals surface area contributed by atoms with Crippen molar-refractivity contribution < 1.29 is 0 Å². The smallest absolute Gasteiger partial charge is 0.00229 e. The molecule has 21 heavy (non-hydrogen) atoms. The predicted octanol–water partition coefficient (Wildman–Crippen LogP) is 5.76. The first kappa shape index (κ1) is 15.8. The van der Waals surface area contributed by atoms with Crippen LogP contribution in [0.5, 0.6) is 0 Å². The minimum absolute atomic E-state index is 1.05. The van der Waals surface area contributed by atoms with Crippen molar-refractivity contribution in [1.82, 2.24) is 0 Å². The lowest BCUT2D eigenvalue weighted by molar-refractivity contribution is 0.787. The molecule has 0 heteroatoms. The molecule has 0 heterocycles. The van der Waals surface area contributed by atoms with E-state index in [4.69, 9.17) is 0 Å². The quantitative estimate of drug-likeness (QED) is 0.576. The summed E-state index contributed by atoms with van der Waals surface area (Å²) in [6.07, 6.45) is 8.45.